The molecule has 0 unspecified atom stereocenters. The van der Waals surface area contributed by atoms with Gasteiger partial charge in [-0.3, -0.25) is 0 Å². The minimum absolute atomic E-state index is 0.263. The maximum absolute atomic E-state index is 9.75. The zero-order valence-corrected chi connectivity index (χ0v) is 16.2. The van der Waals surface area contributed by atoms with E-state index in [4.69, 9.17) is 0 Å². The number of aromatic amines is 1. The smallest absolute Gasteiger partial charge is 0.224 e. The van der Waals surface area contributed by atoms with Crippen LogP contribution in [0.15, 0.2) is 24.4 Å². The van der Waals surface area contributed by atoms with Crippen LogP contribution in [0.1, 0.15) is 35.7 Å². The predicted molar refractivity (Wildman–Crippen MR) is 109 cm³/mol. The fraction of sp³-hybridized carbons (Fsp3) is 0.429. The zero-order chi connectivity index (χ0) is 19.0. The third-order valence-electron chi connectivity index (χ3n) is 5.42. The van der Waals surface area contributed by atoms with Crippen LogP contribution in [0.3, 0.4) is 0 Å². The van der Waals surface area contributed by atoms with E-state index in [1.807, 2.05) is 6.07 Å². The van der Waals surface area contributed by atoms with Crippen LogP contribution in [0, 0.1) is 13.8 Å². The van der Waals surface area contributed by atoms with Gasteiger partial charge < -0.3 is 20.3 Å². The first-order valence-electron chi connectivity index (χ1n) is 9.65. The van der Waals surface area contributed by atoms with E-state index in [-0.39, 0.29) is 6.10 Å². The van der Waals surface area contributed by atoms with Gasteiger partial charge in [-0.05, 0) is 49.9 Å². The molecule has 1 aliphatic heterocycles. The number of fused-ring (bicyclic) bond motifs is 1. The summed E-state index contributed by atoms with van der Waals surface area (Å²) >= 11 is 0. The Morgan fingerprint density at radius 2 is 2.19 bits per heavy atom. The Labute approximate surface area is 159 Å². The predicted octanol–water partition coefficient (Wildman–Crippen LogP) is 3.32. The quantitative estimate of drug-likeness (QED) is 0.647. The first-order chi connectivity index (χ1) is 13.0. The molecule has 0 aliphatic carbocycles. The molecule has 4 rings (SSSR count). The highest BCUT2D eigenvalue weighted by atomic mass is 16.3. The normalized spacial score (nSPS) is 17.0. The van der Waals surface area contributed by atoms with E-state index in [1.54, 1.807) is 6.20 Å². The topological polar surface area (TPSA) is 77.1 Å². The summed E-state index contributed by atoms with van der Waals surface area (Å²) in [5.41, 5.74) is 6.30. The molecule has 1 fully saturated rings. The number of anilines is 2. The Balaban J connectivity index is 1.57. The first kappa shape index (κ1) is 17.8. The number of aromatic nitrogens is 3. The number of rotatable bonds is 5. The van der Waals surface area contributed by atoms with Crippen molar-refractivity contribution < 1.29 is 5.11 Å². The van der Waals surface area contributed by atoms with Gasteiger partial charge in [0.25, 0.3) is 0 Å². The molecule has 0 amide bonds. The van der Waals surface area contributed by atoms with Crippen molar-refractivity contribution in [2.45, 2.75) is 46.3 Å². The number of hydrogen-bond donors (Lipinski definition) is 3. The number of benzene rings is 1. The molecule has 1 aliphatic rings. The van der Waals surface area contributed by atoms with E-state index in [0.29, 0.717) is 19.0 Å². The van der Waals surface area contributed by atoms with Gasteiger partial charge in [-0.15, -0.1) is 0 Å². The van der Waals surface area contributed by atoms with E-state index >= 15 is 0 Å². The van der Waals surface area contributed by atoms with Crippen molar-refractivity contribution >= 4 is 22.7 Å². The second kappa shape index (κ2) is 7.19. The summed E-state index contributed by atoms with van der Waals surface area (Å²) in [5, 5.41) is 14.4. The molecule has 3 aromatic rings. The van der Waals surface area contributed by atoms with Crippen LogP contribution in [0.5, 0.6) is 0 Å². The number of aliphatic hydroxyl groups is 1. The van der Waals surface area contributed by atoms with Crippen molar-refractivity contribution in [2.24, 2.45) is 0 Å². The molecule has 0 saturated carbocycles. The number of β-amino-alcohol motifs (C(OH)–C–C–N with tert-alkyl or cyclic N) is 1. The third kappa shape index (κ3) is 3.49. The second-order valence-electron chi connectivity index (χ2n) is 7.41. The van der Waals surface area contributed by atoms with Crippen molar-refractivity contribution in [1.82, 2.24) is 15.0 Å². The molecule has 6 nitrogen and oxygen atoms in total. The van der Waals surface area contributed by atoms with E-state index in [2.05, 4.69) is 58.1 Å². The zero-order valence-electron chi connectivity index (χ0n) is 16.2. The van der Waals surface area contributed by atoms with Crippen LogP contribution in [0.2, 0.25) is 0 Å². The highest BCUT2D eigenvalue weighted by Crippen LogP contribution is 2.27. The van der Waals surface area contributed by atoms with Crippen molar-refractivity contribution in [2.75, 3.05) is 23.3 Å². The number of nitrogens with zero attached hydrogens (tertiary/aromatic N) is 3. The fourth-order valence-corrected chi connectivity index (χ4v) is 3.94. The van der Waals surface area contributed by atoms with Gasteiger partial charge in [0, 0.05) is 36.9 Å². The van der Waals surface area contributed by atoms with Crippen molar-refractivity contribution in [3.8, 4) is 0 Å². The molecule has 0 bridgehead atoms. The molecule has 3 N–H and O–H groups in total. The highest BCUT2D eigenvalue weighted by molar-refractivity contribution is 5.88. The molecule has 2 aromatic heterocycles. The van der Waals surface area contributed by atoms with Gasteiger partial charge in [0.05, 0.1) is 11.6 Å². The summed E-state index contributed by atoms with van der Waals surface area (Å²) in [4.78, 5) is 14.7. The maximum atomic E-state index is 9.75. The average Bonchev–Trinajstić information content (AvgIpc) is 3.24. The Morgan fingerprint density at radius 3 is 2.93 bits per heavy atom. The molecule has 1 atom stereocenters. The fourth-order valence-electron chi connectivity index (χ4n) is 3.94. The standard InChI is InChI=1S/C21H27N5O/c1-4-18-14(3)17-10-13(2)9-15(20(17)24-18)11-23-21-22-7-5-19(25-21)26-8-6-16(27)12-26/h5,7,9-10,16,24,27H,4,6,8,11-12H2,1-3H3,(H,22,23,25)/t16-/m0/s1. The second-order valence-corrected chi connectivity index (χ2v) is 7.41. The molecule has 1 saturated heterocycles. The van der Waals surface area contributed by atoms with Crippen LogP contribution in [-0.2, 0) is 13.0 Å². The minimum Gasteiger partial charge on any atom is -0.391 e. The van der Waals surface area contributed by atoms with Gasteiger partial charge in [-0.2, -0.15) is 4.98 Å². The lowest BCUT2D eigenvalue weighted by Crippen LogP contribution is -2.22. The SMILES string of the molecule is CCc1[nH]c2c(CNc3nccc(N4CC[C@H](O)C4)n3)cc(C)cc2c1C. The molecule has 0 spiro atoms. The van der Waals surface area contributed by atoms with Gasteiger partial charge >= 0.3 is 0 Å². The molecule has 6 heteroatoms. The van der Waals surface area contributed by atoms with Crippen molar-refractivity contribution in [3.63, 3.8) is 0 Å². The largest absolute Gasteiger partial charge is 0.391 e. The molecule has 3 heterocycles. The number of aliphatic hydroxyl groups excluding tert-OH is 1. The Kier molecular flexibility index (Phi) is 4.74. The van der Waals surface area contributed by atoms with Crippen LogP contribution >= 0.6 is 0 Å². The number of nitrogens with one attached hydrogen (secondary N) is 2. The molecular formula is C21H27N5O. The lowest BCUT2D eigenvalue weighted by atomic mass is 10.0. The first-order valence-corrected chi connectivity index (χ1v) is 9.65. The molecular weight excluding hydrogens is 338 g/mol. The Morgan fingerprint density at radius 1 is 1.33 bits per heavy atom. The lowest BCUT2D eigenvalue weighted by molar-refractivity contribution is 0.198. The Bertz CT molecular complexity index is 965. The van der Waals surface area contributed by atoms with E-state index < -0.39 is 0 Å². The van der Waals surface area contributed by atoms with E-state index in [1.165, 1.54) is 33.3 Å². The van der Waals surface area contributed by atoms with Gasteiger partial charge in [0.2, 0.25) is 5.95 Å². The van der Waals surface area contributed by atoms with Gasteiger partial charge in [0.1, 0.15) is 5.82 Å². The van der Waals surface area contributed by atoms with Gasteiger partial charge in [-0.25, -0.2) is 4.98 Å². The highest BCUT2D eigenvalue weighted by Gasteiger charge is 2.21. The molecule has 27 heavy (non-hydrogen) atoms. The van der Waals surface area contributed by atoms with Crippen molar-refractivity contribution in [3.05, 3.63) is 46.8 Å². The van der Waals surface area contributed by atoms with E-state index in [0.717, 1.165) is 25.2 Å². The van der Waals surface area contributed by atoms with Crippen LogP contribution < -0.4 is 10.2 Å². The monoisotopic (exact) mass is 365 g/mol. The van der Waals surface area contributed by atoms with Crippen LogP contribution in [0.4, 0.5) is 11.8 Å². The summed E-state index contributed by atoms with van der Waals surface area (Å²) < 4.78 is 0. The number of H-pyrrole nitrogens is 1. The summed E-state index contributed by atoms with van der Waals surface area (Å²) in [7, 11) is 0. The van der Waals surface area contributed by atoms with Crippen LogP contribution in [0.25, 0.3) is 10.9 Å². The number of hydrogen-bond acceptors (Lipinski definition) is 5. The molecule has 142 valence electrons. The van der Waals surface area contributed by atoms with Gasteiger partial charge in [-0.1, -0.05) is 18.6 Å². The molecule has 1 aromatic carbocycles. The maximum Gasteiger partial charge on any atom is 0.224 e. The molecule has 0 radical (unpaired) electrons. The van der Waals surface area contributed by atoms with Crippen LogP contribution in [-0.4, -0.2) is 39.3 Å². The summed E-state index contributed by atoms with van der Waals surface area (Å²) in [6.07, 6.45) is 3.30. The summed E-state index contributed by atoms with van der Waals surface area (Å²) in [6, 6.07) is 6.36. The Hall–Kier alpha value is -2.60. The minimum atomic E-state index is -0.263. The summed E-state index contributed by atoms with van der Waals surface area (Å²) in [6.45, 7) is 8.63. The third-order valence-corrected chi connectivity index (χ3v) is 5.42. The lowest BCUT2D eigenvalue weighted by Gasteiger charge is -2.17. The number of aryl methyl sites for hydroxylation is 3. The van der Waals surface area contributed by atoms with E-state index in [9.17, 15) is 5.11 Å². The van der Waals surface area contributed by atoms with Crippen molar-refractivity contribution in [1.29, 1.82) is 0 Å². The van der Waals surface area contributed by atoms with Gasteiger partial charge in [0.15, 0.2) is 0 Å². The summed E-state index contributed by atoms with van der Waals surface area (Å²) in [5.74, 6) is 1.48. The average molecular weight is 365 g/mol.